The van der Waals surface area contributed by atoms with Gasteiger partial charge in [0.15, 0.2) is 6.29 Å². The average Bonchev–Trinajstić information content (AvgIpc) is 2.82. The van der Waals surface area contributed by atoms with Crippen LogP contribution >= 0.6 is 0 Å². The molecule has 1 unspecified atom stereocenters. The third-order valence-electron chi connectivity index (χ3n) is 2.85. The maximum Gasteiger partial charge on any atom is 0.160 e. The summed E-state index contributed by atoms with van der Waals surface area (Å²) in [6, 6.07) is 8.03. The van der Waals surface area contributed by atoms with Crippen LogP contribution in [0.15, 0.2) is 24.3 Å². The van der Waals surface area contributed by atoms with Crippen molar-refractivity contribution in [3.05, 3.63) is 35.4 Å². The predicted octanol–water partition coefficient (Wildman–Crippen LogP) is 2.05. The van der Waals surface area contributed by atoms with Crippen LogP contribution < -0.4 is 0 Å². The van der Waals surface area contributed by atoms with Gasteiger partial charge in [0.05, 0.1) is 19.3 Å². The molecule has 1 fully saturated rings. The molecule has 1 N–H and O–H groups in total. The zero-order valence-electron chi connectivity index (χ0n) is 9.56. The SMILES string of the molecule is CCc1cccc(C(O)CC2OCCO2)c1. The number of ether oxygens (including phenoxy) is 2. The van der Waals surface area contributed by atoms with Crippen molar-refractivity contribution in [3.63, 3.8) is 0 Å². The van der Waals surface area contributed by atoms with Gasteiger partial charge in [0.2, 0.25) is 0 Å². The Balaban J connectivity index is 1.98. The molecule has 1 aromatic rings. The van der Waals surface area contributed by atoms with Gasteiger partial charge in [-0.05, 0) is 17.5 Å². The average molecular weight is 222 g/mol. The quantitative estimate of drug-likeness (QED) is 0.847. The molecule has 1 heterocycles. The first-order chi connectivity index (χ1) is 7.79. The Kier molecular flexibility index (Phi) is 3.93. The minimum Gasteiger partial charge on any atom is -0.388 e. The number of benzene rings is 1. The van der Waals surface area contributed by atoms with E-state index in [0.717, 1.165) is 12.0 Å². The van der Waals surface area contributed by atoms with E-state index in [1.54, 1.807) is 0 Å². The molecule has 0 amide bonds. The van der Waals surface area contributed by atoms with Gasteiger partial charge >= 0.3 is 0 Å². The summed E-state index contributed by atoms with van der Waals surface area (Å²) < 4.78 is 10.6. The lowest BCUT2D eigenvalue weighted by Gasteiger charge is -2.15. The summed E-state index contributed by atoms with van der Waals surface area (Å²) in [6.07, 6.45) is 0.735. The molecular formula is C13H18O3. The van der Waals surface area contributed by atoms with Gasteiger partial charge in [-0.15, -0.1) is 0 Å². The van der Waals surface area contributed by atoms with E-state index >= 15 is 0 Å². The normalized spacial score (nSPS) is 18.9. The Bertz CT molecular complexity index is 332. The van der Waals surface area contributed by atoms with Crippen molar-refractivity contribution in [1.82, 2.24) is 0 Å². The predicted molar refractivity (Wildman–Crippen MR) is 61.1 cm³/mol. The van der Waals surface area contributed by atoms with Gasteiger partial charge in [-0.3, -0.25) is 0 Å². The lowest BCUT2D eigenvalue weighted by molar-refractivity contribution is -0.0707. The van der Waals surface area contributed by atoms with Gasteiger partial charge in [-0.1, -0.05) is 31.2 Å². The summed E-state index contributed by atoms with van der Waals surface area (Å²) in [4.78, 5) is 0. The van der Waals surface area contributed by atoms with E-state index < -0.39 is 6.10 Å². The summed E-state index contributed by atoms with van der Waals surface area (Å²) in [6.45, 7) is 3.37. The molecule has 0 spiro atoms. The van der Waals surface area contributed by atoms with Crippen molar-refractivity contribution in [2.75, 3.05) is 13.2 Å². The molecule has 1 aromatic carbocycles. The molecule has 0 bridgehead atoms. The molecule has 0 radical (unpaired) electrons. The second kappa shape index (κ2) is 5.43. The van der Waals surface area contributed by atoms with E-state index in [9.17, 15) is 5.11 Å². The van der Waals surface area contributed by atoms with E-state index in [-0.39, 0.29) is 6.29 Å². The highest BCUT2D eigenvalue weighted by Gasteiger charge is 2.20. The molecule has 3 heteroatoms. The summed E-state index contributed by atoms with van der Waals surface area (Å²) >= 11 is 0. The van der Waals surface area contributed by atoms with Crippen LogP contribution in [0.3, 0.4) is 0 Å². The third kappa shape index (κ3) is 2.82. The highest BCUT2D eigenvalue weighted by Crippen LogP contribution is 2.22. The van der Waals surface area contributed by atoms with Gasteiger partial charge in [0.25, 0.3) is 0 Å². The summed E-state index contributed by atoms with van der Waals surface area (Å²) in [7, 11) is 0. The molecule has 1 saturated heterocycles. The van der Waals surface area contributed by atoms with Crippen molar-refractivity contribution in [3.8, 4) is 0 Å². The maximum atomic E-state index is 10.0. The molecule has 88 valence electrons. The van der Waals surface area contributed by atoms with Crippen LogP contribution in [-0.2, 0) is 15.9 Å². The number of rotatable bonds is 4. The molecule has 0 aliphatic carbocycles. The molecule has 0 aromatic heterocycles. The fraction of sp³-hybridized carbons (Fsp3) is 0.538. The molecule has 0 saturated carbocycles. The molecule has 1 atom stereocenters. The van der Waals surface area contributed by atoms with Crippen molar-refractivity contribution in [2.24, 2.45) is 0 Å². The largest absolute Gasteiger partial charge is 0.388 e. The summed E-state index contributed by atoms with van der Waals surface area (Å²) in [5, 5.41) is 10.0. The third-order valence-corrected chi connectivity index (χ3v) is 2.85. The molecular weight excluding hydrogens is 204 g/mol. The van der Waals surface area contributed by atoms with E-state index in [0.29, 0.717) is 19.6 Å². The monoisotopic (exact) mass is 222 g/mol. The minimum absolute atomic E-state index is 0.250. The second-order valence-corrected chi connectivity index (χ2v) is 4.02. The van der Waals surface area contributed by atoms with Crippen LogP contribution in [0.2, 0.25) is 0 Å². The first-order valence-corrected chi connectivity index (χ1v) is 5.79. The van der Waals surface area contributed by atoms with Crippen molar-refractivity contribution < 1.29 is 14.6 Å². The smallest absolute Gasteiger partial charge is 0.160 e. The van der Waals surface area contributed by atoms with Crippen LogP contribution in [-0.4, -0.2) is 24.6 Å². The standard InChI is InChI=1S/C13H18O3/c1-2-10-4-3-5-11(8-10)12(14)9-13-15-6-7-16-13/h3-5,8,12-14H,2,6-7,9H2,1H3. The van der Waals surface area contributed by atoms with E-state index in [1.165, 1.54) is 5.56 Å². The first kappa shape index (κ1) is 11.6. The fourth-order valence-electron chi connectivity index (χ4n) is 1.88. The molecule has 1 aliphatic rings. The van der Waals surface area contributed by atoms with Gasteiger partial charge in [0.1, 0.15) is 0 Å². The van der Waals surface area contributed by atoms with Gasteiger partial charge in [-0.2, -0.15) is 0 Å². The summed E-state index contributed by atoms with van der Waals surface area (Å²) in [5.74, 6) is 0. The fourth-order valence-corrected chi connectivity index (χ4v) is 1.88. The summed E-state index contributed by atoms with van der Waals surface area (Å²) in [5.41, 5.74) is 2.18. The lowest BCUT2D eigenvalue weighted by atomic mass is 10.0. The Morgan fingerprint density at radius 2 is 2.12 bits per heavy atom. The van der Waals surface area contributed by atoms with Crippen LogP contribution in [0, 0.1) is 0 Å². The number of aryl methyl sites for hydroxylation is 1. The van der Waals surface area contributed by atoms with Crippen LogP contribution in [0.4, 0.5) is 0 Å². The van der Waals surface area contributed by atoms with Crippen molar-refractivity contribution in [2.45, 2.75) is 32.2 Å². The minimum atomic E-state index is -0.505. The van der Waals surface area contributed by atoms with Gasteiger partial charge in [0, 0.05) is 6.42 Å². The number of aliphatic hydroxyl groups excluding tert-OH is 1. The zero-order chi connectivity index (χ0) is 11.4. The number of hydrogen-bond acceptors (Lipinski definition) is 3. The van der Waals surface area contributed by atoms with Crippen LogP contribution in [0.5, 0.6) is 0 Å². The van der Waals surface area contributed by atoms with Crippen molar-refractivity contribution >= 4 is 0 Å². The Morgan fingerprint density at radius 1 is 1.38 bits per heavy atom. The number of aliphatic hydroxyl groups is 1. The molecule has 2 rings (SSSR count). The zero-order valence-corrected chi connectivity index (χ0v) is 9.56. The van der Waals surface area contributed by atoms with Crippen LogP contribution in [0.1, 0.15) is 30.6 Å². The highest BCUT2D eigenvalue weighted by atomic mass is 16.7. The maximum absolute atomic E-state index is 10.0. The van der Waals surface area contributed by atoms with Gasteiger partial charge in [-0.25, -0.2) is 0 Å². The second-order valence-electron chi connectivity index (χ2n) is 4.02. The van der Waals surface area contributed by atoms with E-state index in [4.69, 9.17) is 9.47 Å². The van der Waals surface area contributed by atoms with Crippen LogP contribution in [0.25, 0.3) is 0 Å². The van der Waals surface area contributed by atoms with Crippen molar-refractivity contribution in [1.29, 1.82) is 0 Å². The Labute approximate surface area is 96.0 Å². The highest BCUT2D eigenvalue weighted by molar-refractivity contribution is 5.25. The van der Waals surface area contributed by atoms with E-state index in [1.807, 2.05) is 18.2 Å². The van der Waals surface area contributed by atoms with E-state index in [2.05, 4.69) is 13.0 Å². The molecule has 1 aliphatic heterocycles. The topological polar surface area (TPSA) is 38.7 Å². The Hall–Kier alpha value is -0.900. The molecule has 16 heavy (non-hydrogen) atoms. The number of hydrogen-bond donors (Lipinski definition) is 1. The van der Waals surface area contributed by atoms with Gasteiger partial charge < -0.3 is 14.6 Å². The Morgan fingerprint density at radius 3 is 2.81 bits per heavy atom. The molecule has 3 nitrogen and oxygen atoms in total. The first-order valence-electron chi connectivity index (χ1n) is 5.79. The lowest BCUT2D eigenvalue weighted by Crippen LogP contribution is -2.13.